The van der Waals surface area contributed by atoms with E-state index in [4.69, 9.17) is 5.73 Å². The van der Waals surface area contributed by atoms with Crippen molar-refractivity contribution in [2.75, 3.05) is 5.73 Å². The first kappa shape index (κ1) is 8.04. The van der Waals surface area contributed by atoms with E-state index in [0.29, 0.717) is 12.4 Å². The molecule has 0 fully saturated rings. The van der Waals surface area contributed by atoms with E-state index in [0.717, 1.165) is 11.1 Å². The van der Waals surface area contributed by atoms with Crippen molar-refractivity contribution < 1.29 is 4.79 Å². The molecule has 1 aromatic rings. The number of aromatic nitrogens is 1. The normalized spacial score (nSPS) is 20.7. The third-order valence-electron chi connectivity index (χ3n) is 2.39. The Balaban J connectivity index is 2.57. The molecular weight excluding hydrogens is 166 g/mol. The van der Waals surface area contributed by atoms with Crippen molar-refractivity contribution in [2.24, 2.45) is 0 Å². The van der Waals surface area contributed by atoms with Crippen LogP contribution in [0.5, 0.6) is 0 Å². The minimum absolute atomic E-state index is 0.0206. The van der Waals surface area contributed by atoms with Crippen LogP contribution in [0, 0.1) is 0 Å². The molecule has 4 heteroatoms. The number of hydrogen-bond acceptors (Lipinski definition) is 3. The van der Waals surface area contributed by atoms with Crippen molar-refractivity contribution in [2.45, 2.75) is 19.4 Å². The summed E-state index contributed by atoms with van der Waals surface area (Å²) in [5.74, 6) is 0.310. The molecule has 0 saturated heterocycles. The van der Waals surface area contributed by atoms with E-state index >= 15 is 0 Å². The van der Waals surface area contributed by atoms with Gasteiger partial charge in [0.2, 0.25) is 5.91 Å². The van der Waals surface area contributed by atoms with Crippen LogP contribution in [-0.4, -0.2) is 10.9 Å². The van der Waals surface area contributed by atoms with Crippen LogP contribution in [0.15, 0.2) is 12.3 Å². The lowest BCUT2D eigenvalue weighted by atomic mass is 9.92. The number of anilines is 1. The van der Waals surface area contributed by atoms with Crippen molar-refractivity contribution in [3.8, 4) is 0 Å². The molecule has 3 N–H and O–H groups in total. The standard InChI is InChI=1S/C9H11N3O/c1-5-7-6(4-12-9(5)13)2-3-11-8(7)10/h2-3,5H,4H2,1H3,(H2,10,11)(H,12,13)/t5-/m0/s1. The number of pyridine rings is 1. The Morgan fingerprint density at radius 2 is 2.46 bits per heavy atom. The zero-order chi connectivity index (χ0) is 9.42. The summed E-state index contributed by atoms with van der Waals surface area (Å²) in [6.07, 6.45) is 1.67. The van der Waals surface area contributed by atoms with Gasteiger partial charge in [0.25, 0.3) is 0 Å². The molecule has 13 heavy (non-hydrogen) atoms. The zero-order valence-electron chi connectivity index (χ0n) is 7.37. The lowest BCUT2D eigenvalue weighted by molar-refractivity contribution is -0.122. The van der Waals surface area contributed by atoms with E-state index in [1.54, 1.807) is 6.20 Å². The second kappa shape index (κ2) is 2.73. The Morgan fingerprint density at radius 3 is 3.23 bits per heavy atom. The summed E-state index contributed by atoms with van der Waals surface area (Å²) in [7, 11) is 0. The average Bonchev–Trinajstić information content (AvgIpc) is 2.12. The molecular formula is C9H11N3O. The summed E-state index contributed by atoms with van der Waals surface area (Å²) in [5.41, 5.74) is 7.65. The number of nitrogen functional groups attached to an aromatic ring is 1. The molecule has 4 nitrogen and oxygen atoms in total. The molecule has 0 aromatic carbocycles. The summed E-state index contributed by atoms with van der Waals surface area (Å²) in [5, 5.41) is 2.79. The Bertz CT molecular complexity index is 362. The maximum Gasteiger partial charge on any atom is 0.227 e. The zero-order valence-corrected chi connectivity index (χ0v) is 7.37. The number of carbonyl (C=O) groups excluding carboxylic acids is 1. The Labute approximate surface area is 76.2 Å². The maximum absolute atomic E-state index is 11.3. The van der Waals surface area contributed by atoms with Gasteiger partial charge >= 0.3 is 0 Å². The predicted octanol–water partition coefficient (Wildman–Crippen LogP) is 0.397. The first-order valence-electron chi connectivity index (χ1n) is 4.21. The number of fused-ring (bicyclic) bond motifs is 1. The number of hydrogen-bond donors (Lipinski definition) is 2. The summed E-state index contributed by atoms with van der Waals surface area (Å²) in [4.78, 5) is 15.3. The molecule has 1 aliphatic rings. The highest BCUT2D eigenvalue weighted by atomic mass is 16.1. The number of nitrogens with two attached hydrogens (primary N) is 1. The largest absolute Gasteiger partial charge is 0.383 e. The lowest BCUT2D eigenvalue weighted by Gasteiger charge is -2.23. The van der Waals surface area contributed by atoms with Gasteiger partial charge in [-0.05, 0) is 18.6 Å². The molecule has 0 aliphatic carbocycles. The number of amides is 1. The van der Waals surface area contributed by atoms with Crippen LogP contribution in [0.2, 0.25) is 0 Å². The average molecular weight is 177 g/mol. The van der Waals surface area contributed by atoms with Crippen LogP contribution >= 0.6 is 0 Å². The smallest absolute Gasteiger partial charge is 0.227 e. The number of carbonyl (C=O) groups is 1. The fourth-order valence-electron chi connectivity index (χ4n) is 1.65. The van der Waals surface area contributed by atoms with E-state index < -0.39 is 0 Å². The summed E-state index contributed by atoms with van der Waals surface area (Å²) in [6.45, 7) is 2.40. The van der Waals surface area contributed by atoms with Crippen LogP contribution in [0.4, 0.5) is 5.82 Å². The van der Waals surface area contributed by atoms with Gasteiger partial charge in [0.1, 0.15) is 5.82 Å². The fraction of sp³-hybridized carbons (Fsp3) is 0.333. The summed E-state index contributed by atoms with van der Waals surface area (Å²) < 4.78 is 0. The van der Waals surface area contributed by atoms with Crippen LogP contribution in [0.3, 0.4) is 0 Å². The molecule has 0 spiro atoms. The van der Waals surface area contributed by atoms with Crippen molar-refractivity contribution in [3.63, 3.8) is 0 Å². The van der Waals surface area contributed by atoms with Gasteiger partial charge in [0.15, 0.2) is 0 Å². The van der Waals surface area contributed by atoms with Crippen molar-refractivity contribution in [1.82, 2.24) is 10.3 Å². The quantitative estimate of drug-likeness (QED) is 0.602. The molecule has 68 valence electrons. The van der Waals surface area contributed by atoms with E-state index in [1.807, 2.05) is 13.0 Å². The number of rotatable bonds is 0. The molecule has 2 rings (SSSR count). The molecule has 0 unspecified atom stereocenters. The second-order valence-corrected chi connectivity index (χ2v) is 3.21. The molecule has 1 atom stereocenters. The van der Waals surface area contributed by atoms with Crippen molar-refractivity contribution in [1.29, 1.82) is 0 Å². The molecule has 1 aromatic heterocycles. The molecule has 0 radical (unpaired) electrons. The van der Waals surface area contributed by atoms with E-state index in [9.17, 15) is 4.79 Å². The fourth-order valence-corrected chi connectivity index (χ4v) is 1.65. The minimum Gasteiger partial charge on any atom is -0.383 e. The van der Waals surface area contributed by atoms with Gasteiger partial charge in [-0.15, -0.1) is 0 Å². The Morgan fingerprint density at radius 1 is 1.69 bits per heavy atom. The second-order valence-electron chi connectivity index (χ2n) is 3.21. The van der Waals surface area contributed by atoms with Gasteiger partial charge in [0.05, 0.1) is 5.92 Å². The molecule has 1 aliphatic heterocycles. The Kier molecular flexibility index (Phi) is 1.69. The highest BCUT2D eigenvalue weighted by Gasteiger charge is 2.25. The first-order valence-corrected chi connectivity index (χ1v) is 4.21. The highest BCUT2D eigenvalue weighted by Crippen LogP contribution is 2.27. The lowest BCUT2D eigenvalue weighted by Crippen LogP contribution is -2.34. The van der Waals surface area contributed by atoms with Crippen LogP contribution in [0.25, 0.3) is 0 Å². The third kappa shape index (κ3) is 1.14. The van der Waals surface area contributed by atoms with Gasteiger partial charge in [-0.1, -0.05) is 0 Å². The SMILES string of the molecule is C[C@@H]1C(=O)NCc2ccnc(N)c21. The highest BCUT2D eigenvalue weighted by molar-refractivity contribution is 5.86. The summed E-state index contributed by atoms with van der Waals surface area (Å²) >= 11 is 0. The number of nitrogens with zero attached hydrogens (tertiary/aromatic N) is 1. The van der Waals surface area contributed by atoms with E-state index in [1.165, 1.54) is 0 Å². The van der Waals surface area contributed by atoms with Crippen LogP contribution < -0.4 is 11.1 Å². The Hall–Kier alpha value is -1.58. The van der Waals surface area contributed by atoms with Crippen molar-refractivity contribution in [3.05, 3.63) is 23.4 Å². The molecule has 2 heterocycles. The molecule has 1 amide bonds. The maximum atomic E-state index is 11.3. The van der Waals surface area contributed by atoms with Gasteiger partial charge in [-0.2, -0.15) is 0 Å². The first-order chi connectivity index (χ1) is 6.20. The van der Waals surface area contributed by atoms with Gasteiger partial charge < -0.3 is 11.1 Å². The predicted molar refractivity (Wildman–Crippen MR) is 48.9 cm³/mol. The van der Waals surface area contributed by atoms with Crippen LogP contribution in [-0.2, 0) is 11.3 Å². The molecule has 0 bridgehead atoms. The summed E-state index contributed by atoms with van der Waals surface area (Å²) in [6, 6.07) is 1.89. The van der Waals surface area contributed by atoms with Crippen LogP contribution in [0.1, 0.15) is 24.0 Å². The van der Waals surface area contributed by atoms with E-state index in [2.05, 4.69) is 10.3 Å². The third-order valence-corrected chi connectivity index (χ3v) is 2.39. The van der Waals surface area contributed by atoms with Gasteiger partial charge in [-0.25, -0.2) is 4.98 Å². The van der Waals surface area contributed by atoms with Gasteiger partial charge in [-0.3, -0.25) is 4.79 Å². The van der Waals surface area contributed by atoms with Crippen molar-refractivity contribution >= 4 is 11.7 Å². The monoisotopic (exact) mass is 177 g/mol. The van der Waals surface area contributed by atoms with E-state index in [-0.39, 0.29) is 11.8 Å². The number of nitrogens with one attached hydrogen (secondary N) is 1. The minimum atomic E-state index is -0.183. The van der Waals surface area contributed by atoms with Gasteiger partial charge in [0, 0.05) is 18.3 Å². The molecule has 0 saturated carbocycles. The topological polar surface area (TPSA) is 68.0 Å².